The molecule has 0 bridgehead atoms. The Labute approximate surface area is 179 Å². The molecule has 7 nitrogen and oxygen atoms in total. The van der Waals surface area contributed by atoms with Crippen LogP contribution in [0.1, 0.15) is 29.9 Å². The summed E-state index contributed by atoms with van der Waals surface area (Å²) in [7, 11) is 0. The second-order valence-electron chi connectivity index (χ2n) is 7.75. The van der Waals surface area contributed by atoms with Gasteiger partial charge in [0, 0.05) is 23.9 Å². The third-order valence-electron chi connectivity index (χ3n) is 5.34. The number of rotatable bonds is 4. The molecule has 160 valence electrons. The standard InChI is InChI=1S/C23H24FN5O2/c1-12-9-17(28-23(31)21(30)15-5-4-6-16(24)10-15)7-8-18(12)19-20-22(25)26-13(2)11-29(20)14(3)27-19/h5,7-11,21,30H,4,6H2,1-3H3,(H2,25,26)(H,28,31). The van der Waals surface area contributed by atoms with Crippen molar-refractivity contribution in [2.45, 2.75) is 39.7 Å². The van der Waals surface area contributed by atoms with Gasteiger partial charge in [0.2, 0.25) is 0 Å². The Kier molecular flexibility index (Phi) is 5.32. The number of anilines is 2. The summed E-state index contributed by atoms with van der Waals surface area (Å²) in [5.74, 6) is 0.243. The van der Waals surface area contributed by atoms with E-state index in [0.717, 1.165) is 28.2 Å². The molecule has 0 radical (unpaired) electrons. The molecular formula is C23H24FN5O2. The van der Waals surface area contributed by atoms with Crippen molar-refractivity contribution in [2.24, 2.45) is 0 Å². The molecule has 0 saturated carbocycles. The number of amides is 1. The van der Waals surface area contributed by atoms with Gasteiger partial charge in [-0.2, -0.15) is 0 Å². The maximum atomic E-state index is 13.5. The molecule has 8 heteroatoms. The molecule has 1 aromatic carbocycles. The van der Waals surface area contributed by atoms with E-state index < -0.39 is 12.0 Å². The molecule has 3 aromatic rings. The first kappa shape index (κ1) is 20.7. The van der Waals surface area contributed by atoms with Gasteiger partial charge in [-0.05, 0) is 56.5 Å². The Morgan fingerprint density at radius 3 is 2.77 bits per heavy atom. The number of hydrogen-bond donors (Lipinski definition) is 3. The largest absolute Gasteiger partial charge is 0.382 e. The summed E-state index contributed by atoms with van der Waals surface area (Å²) in [4.78, 5) is 21.5. The fourth-order valence-corrected chi connectivity index (χ4v) is 3.84. The number of nitrogen functional groups attached to an aromatic ring is 1. The molecular weight excluding hydrogens is 397 g/mol. The van der Waals surface area contributed by atoms with Gasteiger partial charge in [-0.15, -0.1) is 0 Å². The van der Waals surface area contributed by atoms with Crippen molar-refractivity contribution in [3.8, 4) is 11.3 Å². The van der Waals surface area contributed by atoms with Crippen LogP contribution in [0.4, 0.5) is 15.9 Å². The van der Waals surface area contributed by atoms with E-state index in [1.54, 1.807) is 18.2 Å². The Morgan fingerprint density at radius 1 is 1.29 bits per heavy atom. The second kappa shape index (κ2) is 7.96. The summed E-state index contributed by atoms with van der Waals surface area (Å²) >= 11 is 0. The van der Waals surface area contributed by atoms with Crippen molar-refractivity contribution in [3.05, 3.63) is 65.0 Å². The molecule has 4 N–H and O–H groups in total. The third kappa shape index (κ3) is 3.94. The van der Waals surface area contributed by atoms with E-state index in [1.807, 2.05) is 37.4 Å². The summed E-state index contributed by atoms with van der Waals surface area (Å²) in [5.41, 5.74) is 10.9. The number of aryl methyl sites for hydroxylation is 3. The number of nitrogens with one attached hydrogen (secondary N) is 1. The molecule has 1 aliphatic carbocycles. The van der Waals surface area contributed by atoms with Crippen LogP contribution in [0.2, 0.25) is 0 Å². The minimum Gasteiger partial charge on any atom is -0.382 e. The van der Waals surface area contributed by atoms with Crippen molar-refractivity contribution in [1.29, 1.82) is 0 Å². The summed E-state index contributed by atoms with van der Waals surface area (Å²) in [6, 6.07) is 5.37. The van der Waals surface area contributed by atoms with Crippen LogP contribution in [0.15, 0.2) is 47.9 Å². The zero-order valence-corrected chi connectivity index (χ0v) is 17.6. The smallest absolute Gasteiger partial charge is 0.257 e. The van der Waals surface area contributed by atoms with Crippen molar-refractivity contribution >= 4 is 22.9 Å². The van der Waals surface area contributed by atoms with Crippen LogP contribution in [0, 0.1) is 20.8 Å². The number of allylic oxidation sites excluding steroid dienone is 2. The van der Waals surface area contributed by atoms with Gasteiger partial charge in [0.15, 0.2) is 6.10 Å². The lowest BCUT2D eigenvalue weighted by molar-refractivity contribution is -0.122. The van der Waals surface area contributed by atoms with E-state index in [-0.39, 0.29) is 11.4 Å². The van der Waals surface area contributed by atoms with Gasteiger partial charge >= 0.3 is 0 Å². The Bertz CT molecular complexity index is 1260. The number of carbonyl (C=O) groups is 1. The number of nitrogens with zero attached hydrogens (tertiary/aromatic N) is 3. The van der Waals surface area contributed by atoms with Crippen LogP contribution in [-0.4, -0.2) is 31.5 Å². The Hall–Kier alpha value is -3.52. The summed E-state index contributed by atoms with van der Waals surface area (Å²) in [5, 5.41) is 13.0. The van der Waals surface area contributed by atoms with Gasteiger partial charge in [-0.3, -0.25) is 9.20 Å². The van der Waals surface area contributed by atoms with E-state index in [9.17, 15) is 14.3 Å². The predicted molar refractivity (Wildman–Crippen MR) is 118 cm³/mol. The van der Waals surface area contributed by atoms with Gasteiger partial charge in [0.1, 0.15) is 28.7 Å². The topological polar surface area (TPSA) is 106 Å². The highest BCUT2D eigenvalue weighted by molar-refractivity contribution is 5.97. The molecule has 0 saturated heterocycles. The van der Waals surface area contributed by atoms with Crippen LogP contribution in [0.3, 0.4) is 0 Å². The van der Waals surface area contributed by atoms with E-state index in [1.165, 1.54) is 6.08 Å². The van der Waals surface area contributed by atoms with Crippen LogP contribution in [0.25, 0.3) is 16.8 Å². The molecule has 0 aliphatic heterocycles. The van der Waals surface area contributed by atoms with Crippen molar-refractivity contribution in [1.82, 2.24) is 14.4 Å². The summed E-state index contributed by atoms with van der Waals surface area (Å²) < 4.78 is 15.4. The molecule has 0 fully saturated rings. The van der Waals surface area contributed by atoms with Crippen molar-refractivity contribution in [3.63, 3.8) is 0 Å². The van der Waals surface area contributed by atoms with Gasteiger partial charge in [0.05, 0.1) is 5.69 Å². The number of halogens is 1. The fraction of sp³-hybridized carbons (Fsp3) is 0.261. The number of aliphatic hydroxyl groups is 1. The monoisotopic (exact) mass is 421 g/mol. The second-order valence-corrected chi connectivity index (χ2v) is 7.75. The van der Waals surface area contributed by atoms with Crippen LogP contribution in [-0.2, 0) is 4.79 Å². The van der Waals surface area contributed by atoms with Gasteiger partial charge in [-0.1, -0.05) is 12.1 Å². The van der Waals surface area contributed by atoms with E-state index in [4.69, 9.17) is 5.73 Å². The Morgan fingerprint density at radius 2 is 2.06 bits per heavy atom. The maximum absolute atomic E-state index is 13.5. The number of imidazole rings is 1. The third-order valence-corrected chi connectivity index (χ3v) is 5.34. The van der Waals surface area contributed by atoms with Crippen molar-refractivity contribution < 1.29 is 14.3 Å². The number of aromatic nitrogens is 3. The number of nitrogens with two attached hydrogens (primary N) is 1. The van der Waals surface area contributed by atoms with Crippen molar-refractivity contribution in [2.75, 3.05) is 11.1 Å². The molecule has 2 heterocycles. The average Bonchev–Trinajstić information content (AvgIpc) is 3.04. The zero-order chi connectivity index (χ0) is 22.3. The summed E-state index contributed by atoms with van der Waals surface area (Å²) in [6.45, 7) is 5.68. The van der Waals surface area contributed by atoms with Crippen LogP contribution in [0.5, 0.6) is 0 Å². The fourth-order valence-electron chi connectivity index (χ4n) is 3.84. The average molecular weight is 421 g/mol. The molecule has 31 heavy (non-hydrogen) atoms. The zero-order valence-electron chi connectivity index (χ0n) is 17.6. The molecule has 1 aliphatic rings. The van der Waals surface area contributed by atoms with E-state index in [2.05, 4.69) is 15.3 Å². The first-order valence-electron chi connectivity index (χ1n) is 10.0. The predicted octanol–water partition coefficient (Wildman–Crippen LogP) is 3.78. The van der Waals surface area contributed by atoms with Gasteiger partial charge in [-0.25, -0.2) is 14.4 Å². The number of hydrogen-bond acceptors (Lipinski definition) is 5. The molecule has 0 spiro atoms. The molecule has 4 rings (SSSR count). The highest BCUT2D eigenvalue weighted by Crippen LogP contribution is 2.32. The summed E-state index contributed by atoms with van der Waals surface area (Å²) in [6.07, 6.45) is 4.11. The van der Waals surface area contributed by atoms with E-state index in [0.29, 0.717) is 30.0 Å². The van der Waals surface area contributed by atoms with Gasteiger partial charge < -0.3 is 16.2 Å². The highest BCUT2D eigenvalue weighted by Gasteiger charge is 2.22. The van der Waals surface area contributed by atoms with Crippen LogP contribution >= 0.6 is 0 Å². The van der Waals surface area contributed by atoms with Crippen LogP contribution < -0.4 is 11.1 Å². The quantitative estimate of drug-likeness (QED) is 0.595. The number of benzene rings is 1. The first-order valence-corrected chi connectivity index (χ1v) is 10.0. The molecule has 1 amide bonds. The van der Waals surface area contributed by atoms with E-state index >= 15 is 0 Å². The lowest BCUT2D eigenvalue weighted by atomic mass is 10.0. The normalized spacial score (nSPS) is 14.9. The first-order chi connectivity index (χ1) is 14.7. The minimum atomic E-state index is -1.43. The SMILES string of the molecule is Cc1cn2c(C)nc(-c3ccc(NC(=O)C(O)C4=CCCC(F)=C4)cc3C)c2c(N)n1. The lowest BCUT2D eigenvalue weighted by Gasteiger charge is -2.16. The molecule has 2 aromatic heterocycles. The van der Waals surface area contributed by atoms with Gasteiger partial charge in [0.25, 0.3) is 5.91 Å². The maximum Gasteiger partial charge on any atom is 0.257 e. The highest BCUT2D eigenvalue weighted by atomic mass is 19.1. The minimum absolute atomic E-state index is 0.271. The Balaban J connectivity index is 1.62. The molecule has 1 atom stereocenters. The number of carbonyl (C=O) groups excluding carboxylic acids is 1. The number of fused-ring (bicyclic) bond motifs is 1. The number of aliphatic hydroxyl groups excluding tert-OH is 1. The lowest BCUT2D eigenvalue weighted by Crippen LogP contribution is -2.29. The molecule has 1 unspecified atom stereocenters.